The van der Waals surface area contributed by atoms with Crippen molar-refractivity contribution in [3.8, 4) is 0 Å². The fourth-order valence-corrected chi connectivity index (χ4v) is 5.55. The Labute approximate surface area is 180 Å². The molecular weight excluding hydrogens is 366 g/mol. The molecule has 0 spiro atoms. The van der Waals surface area contributed by atoms with Crippen LogP contribution < -0.4 is 0 Å². The van der Waals surface area contributed by atoms with Crippen LogP contribution in [0.5, 0.6) is 0 Å². The molecule has 3 heteroatoms. The predicted octanol–water partition coefficient (Wildman–Crippen LogP) is 5.35. The highest BCUT2D eigenvalue weighted by Gasteiger charge is 2.38. The molecule has 3 aromatic rings. The topological polar surface area (TPSA) is 11.4 Å². The fourth-order valence-electron chi connectivity index (χ4n) is 5.55. The van der Waals surface area contributed by atoms with E-state index in [9.17, 15) is 0 Å². The van der Waals surface area contributed by atoms with E-state index in [0.717, 1.165) is 19.6 Å². The molecule has 2 unspecified atom stereocenters. The van der Waals surface area contributed by atoms with Gasteiger partial charge < -0.3 is 9.47 Å². The summed E-state index contributed by atoms with van der Waals surface area (Å²) >= 11 is 0. The van der Waals surface area contributed by atoms with Crippen molar-refractivity contribution in [1.29, 1.82) is 0 Å². The molecule has 30 heavy (non-hydrogen) atoms. The molecule has 1 saturated heterocycles. The van der Waals surface area contributed by atoms with Crippen LogP contribution >= 0.6 is 0 Å². The minimum Gasteiger partial charge on any atom is -0.353 e. The molecule has 3 nitrogen and oxygen atoms in total. The van der Waals surface area contributed by atoms with Crippen molar-refractivity contribution >= 4 is 0 Å². The van der Waals surface area contributed by atoms with Gasteiger partial charge >= 0.3 is 0 Å². The number of benzene rings is 2. The van der Waals surface area contributed by atoms with Crippen LogP contribution in [0.3, 0.4) is 0 Å². The van der Waals surface area contributed by atoms with Crippen LogP contribution in [0, 0.1) is 0 Å². The van der Waals surface area contributed by atoms with E-state index in [2.05, 4.69) is 94.3 Å². The van der Waals surface area contributed by atoms with E-state index in [0.29, 0.717) is 12.0 Å². The number of piperidine rings is 1. The zero-order chi connectivity index (χ0) is 20.3. The van der Waals surface area contributed by atoms with Crippen LogP contribution in [-0.4, -0.2) is 34.0 Å². The third-order valence-corrected chi connectivity index (χ3v) is 7.02. The quantitative estimate of drug-likeness (QED) is 0.573. The summed E-state index contributed by atoms with van der Waals surface area (Å²) in [5.74, 6) is 0.491. The zero-order valence-corrected chi connectivity index (χ0v) is 18.1. The monoisotopic (exact) mass is 399 g/mol. The first kappa shape index (κ1) is 19.6. The van der Waals surface area contributed by atoms with Crippen molar-refractivity contribution in [3.63, 3.8) is 0 Å². The molecule has 0 bridgehead atoms. The smallest absolute Gasteiger partial charge is 0.0588 e. The third-order valence-electron chi connectivity index (χ3n) is 7.02. The van der Waals surface area contributed by atoms with Gasteiger partial charge in [-0.15, -0.1) is 0 Å². The van der Waals surface area contributed by atoms with Gasteiger partial charge in [0.2, 0.25) is 0 Å². The van der Waals surface area contributed by atoms with Crippen molar-refractivity contribution in [3.05, 3.63) is 95.3 Å². The van der Waals surface area contributed by atoms with Crippen LogP contribution in [0.25, 0.3) is 0 Å². The molecule has 2 atom stereocenters. The number of fused-ring (bicyclic) bond motifs is 1. The van der Waals surface area contributed by atoms with E-state index < -0.39 is 0 Å². The van der Waals surface area contributed by atoms with E-state index >= 15 is 0 Å². The average molecular weight is 400 g/mol. The molecule has 0 saturated carbocycles. The van der Waals surface area contributed by atoms with Crippen LogP contribution in [0.1, 0.15) is 53.6 Å². The van der Waals surface area contributed by atoms with E-state index in [1.54, 1.807) is 5.56 Å². The molecule has 3 heterocycles. The molecule has 1 fully saturated rings. The van der Waals surface area contributed by atoms with Gasteiger partial charge in [0.05, 0.1) is 6.04 Å². The maximum atomic E-state index is 2.72. The van der Waals surface area contributed by atoms with Gasteiger partial charge in [0, 0.05) is 44.5 Å². The van der Waals surface area contributed by atoms with Gasteiger partial charge in [-0.3, -0.25) is 4.90 Å². The molecule has 156 valence electrons. The van der Waals surface area contributed by atoms with Gasteiger partial charge in [-0.25, -0.2) is 0 Å². The first-order valence-electron chi connectivity index (χ1n) is 11.5. The lowest BCUT2D eigenvalue weighted by Gasteiger charge is -2.45. The molecule has 5 rings (SSSR count). The Bertz CT molecular complexity index is 955. The Morgan fingerprint density at radius 2 is 1.60 bits per heavy atom. The van der Waals surface area contributed by atoms with Gasteiger partial charge in [-0.2, -0.15) is 0 Å². The third kappa shape index (κ3) is 3.97. The lowest BCUT2D eigenvalue weighted by molar-refractivity contribution is 0.102. The highest BCUT2D eigenvalue weighted by atomic mass is 15.2. The highest BCUT2D eigenvalue weighted by Crippen LogP contribution is 2.44. The van der Waals surface area contributed by atoms with Crippen LogP contribution in [-0.2, 0) is 20.1 Å². The lowest BCUT2D eigenvalue weighted by atomic mass is 9.81. The van der Waals surface area contributed by atoms with Crippen molar-refractivity contribution < 1.29 is 0 Å². The molecule has 0 aliphatic carbocycles. The summed E-state index contributed by atoms with van der Waals surface area (Å²) in [5.41, 5.74) is 5.88. The van der Waals surface area contributed by atoms with Gasteiger partial charge in [-0.05, 0) is 54.8 Å². The van der Waals surface area contributed by atoms with E-state index in [1.807, 2.05) is 0 Å². The Morgan fingerprint density at radius 1 is 0.833 bits per heavy atom. The van der Waals surface area contributed by atoms with E-state index in [-0.39, 0.29) is 0 Å². The second-order valence-corrected chi connectivity index (χ2v) is 9.05. The van der Waals surface area contributed by atoms with Crippen molar-refractivity contribution in [2.24, 2.45) is 7.05 Å². The Hall–Kier alpha value is -2.36. The standard InChI is InChI=1S/C27H33N3/c1-28-16-10-15-26(28)27-25(21-29-17-8-3-9-18-29)24-14-7-6-13-23(24)20-30(27)19-22-11-4-2-5-12-22/h2,4-7,10-16,25,27H,3,8-9,17-21H2,1H3. The van der Waals surface area contributed by atoms with Crippen molar-refractivity contribution in [2.75, 3.05) is 19.6 Å². The zero-order valence-electron chi connectivity index (χ0n) is 18.1. The molecular formula is C27H33N3. The maximum Gasteiger partial charge on any atom is 0.0588 e. The first-order chi connectivity index (χ1) is 14.8. The molecule has 0 amide bonds. The summed E-state index contributed by atoms with van der Waals surface area (Å²) in [4.78, 5) is 5.43. The van der Waals surface area contributed by atoms with E-state index in [4.69, 9.17) is 0 Å². The van der Waals surface area contributed by atoms with Crippen molar-refractivity contribution in [2.45, 2.75) is 44.3 Å². The number of nitrogens with zero attached hydrogens (tertiary/aromatic N) is 3. The number of rotatable bonds is 5. The first-order valence-corrected chi connectivity index (χ1v) is 11.5. The number of hydrogen-bond acceptors (Lipinski definition) is 2. The molecule has 0 N–H and O–H groups in total. The largest absolute Gasteiger partial charge is 0.353 e. The molecule has 2 aromatic carbocycles. The van der Waals surface area contributed by atoms with Gasteiger partial charge in [0.25, 0.3) is 0 Å². The Kier molecular flexibility index (Phi) is 5.74. The highest BCUT2D eigenvalue weighted by molar-refractivity contribution is 5.37. The number of aromatic nitrogens is 1. The summed E-state index contributed by atoms with van der Waals surface area (Å²) in [6.45, 7) is 5.64. The van der Waals surface area contributed by atoms with Gasteiger partial charge in [0.15, 0.2) is 0 Å². The fraction of sp³-hybridized carbons (Fsp3) is 0.407. The van der Waals surface area contributed by atoms with Crippen molar-refractivity contribution in [1.82, 2.24) is 14.4 Å². The number of likely N-dealkylation sites (tertiary alicyclic amines) is 1. The van der Waals surface area contributed by atoms with Gasteiger partial charge in [-0.1, -0.05) is 61.0 Å². The minimum atomic E-state index is 0.391. The summed E-state index contributed by atoms with van der Waals surface area (Å²) in [6, 6.07) is 25.1. The molecule has 0 radical (unpaired) electrons. The molecule has 1 aromatic heterocycles. The number of aryl methyl sites for hydroxylation is 1. The summed E-state index contributed by atoms with van der Waals surface area (Å²) in [6.07, 6.45) is 6.28. The van der Waals surface area contributed by atoms with Crippen LogP contribution in [0.15, 0.2) is 72.9 Å². The van der Waals surface area contributed by atoms with E-state index in [1.165, 1.54) is 49.2 Å². The predicted molar refractivity (Wildman–Crippen MR) is 123 cm³/mol. The summed E-state index contributed by atoms with van der Waals surface area (Å²) < 4.78 is 2.33. The summed E-state index contributed by atoms with van der Waals surface area (Å²) in [7, 11) is 2.20. The second kappa shape index (κ2) is 8.79. The van der Waals surface area contributed by atoms with Crippen LogP contribution in [0.4, 0.5) is 0 Å². The Morgan fingerprint density at radius 3 is 2.37 bits per heavy atom. The second-order valence-electron chi connectivity index (χ2n) is 9.05. The maximum absolute atomic E-state index is 2.72. The molecule has 2 aliphatic rings. The van der Waals surface area contributed by atoms with Crippen LogP contribution in [0.2, 0.25) is 0 Å². The lowest BCUT2D eigenvalue weighted by Crippen LogP contribution is -2.43. The minimum absolute atomic E-state index is 0.391. The Balaban J connectivity index is 1.55. The SMILES string of the molecule is Cn1cccc1C1C(CN2CCCCC2)c2ccccc2CN1Cc1ccccc1. The molecule has 2 aliphatic heterocycles. The number of hydrogen-bond donors (Lipinski definition) is 0. The van der Waals surface area contributed by atoms with Gasteiger partial charge in [0.1, 0.15) is 0 Å². The summed E-state index contributed by atoms with van der Waals surface area (Å²) in [5, 5.41) is 0. The average Bonchev–Trinajstić information content (AvgIpc) is 3.21. The normalized spacial score (nSPS) is 22.7.